The lowest BCUT2D eigenvalue weighted by Crippen LogP contribution is -2.49. The summed E-state index contributed by atoms with van der Waals surface area (Å²) in [4.78, 5) is 15.5. The van der Waals surface area contributed by atoms with Crippen LogP contribution < -0.4 is 0 Å². The Labute approximate surface area is 122 Å². The summed E-state index contributed by atoms with van der Waals surface area (Å²) in [5.41, 5.74) is 0.114. The highest BCUT2D eigenvalue weighted by Gasteiger charge is 2.47. The molecule has 0 N–H and O–H groups in total. The van der Waals surface area contributed by atoms with Crippen LogP contribution in [0.4, 0.5) is 0 Å². The first-order chi connectivity index (χ1) is 9.67. The molecule has 0 radical (unpaired) electrons. The molecule has 4 aliphatic rings. The van der Waals surface area contributed by atoms with E-state index in [1.165, 1.54) is 32.1 Å². The molecule has 4 fully saturated rings. The van der Waals surface area contributed by atoms with Gasteiger partial charge in [-0.15, -0.1) is 0 Å². The van der Waals surface area contributed by atoms with Crippen LogP contribution in [0.2, 0.25) is 0 Å². The van der Waals surface area contributed by atoms with Gasteiger partial charge in [0.1, 0.15) is 5.78 Å². The van der Waals surface area contributed by atoms with E-state index in [0.717, 1.165) is 32.3 Å². The summed E-state index contributed by atoms with van der Waals surface area (Å²) < 4.78 is 5.98. The van der Waals surface area contributed by atoms with E-state index in [0.29, 0.717) is 29.7 Å². The van der Waals surface area contributed by atoms with Crippen molar-refractivity contribution in [2.45, 2.75) is 75.5 Å². The van der Waals surface area contributed by atoms with Gasteiger partial charge >= 0.3 is 0 Å². The quantitative estimate of drug-likeness (QED) is 0.777. The Hall–Kier alpha value is -0.410. The van der Waals surface area contributed by atoms with E-state index >= 15 is 0 Å². The van der Waals surface area contributed by atoms with Crippen molar-refractivity contribution in [2.24, 2.45) is 11.8 Å². The zero-order valence-electron chi connectivity index (χ0n) is 12.6. The number of Topliss-reactive ketones (excluding diaryl/α,β-unsaturated/α-hetero) is 1. The Kier molecular flexibility index (Phi) is 3.19. The minimum atomic E-state index is 0.114. The molecule has 1 aliphatic carbocycles. The number of fused-ring (bicyclic) bond motifs is 2. The smallest absolute Gasteiger partial charge is 0.139 e. The first kappa shape index (κ1) is 13.3. The Morgan fingerprint density at radius 3 is 2.40 bits per heavy atom. The molecule has 0 amide bonds. The highest BCUT2D eigenvalue weighted by Crippen LogP contribution is 2.46. The molecule has 3 unspecified atom stereocenters. The largest absolute Gasteiger partial charge is 0.375 e. The lowest BCUT2D eigenvalue weighted by atomic mass is 9.69. The van der Waals surface area contributed by atoms with Gasteiger partial charge in [-0.05, 0) is 64.8 Å². The topological polar surface area (TPSA) is 29.5 Å². The van der Waals surface area contributed by atoms with Crippen LogP contribution in [-0.2, 0) is 9.53 Å². The normalized spacial score (nSPS) is 43.5. The molecule has 1 spiro atoms. The molecule has 3 heterocycles. The summed E-state index contributed by atoms with van der Waals surface area (Å²) in [5, 5.41) is 0. The van der Waals surface area contributed by atoms with Crippen molar-refractivity contribution in [2.75, 3.05) is 13.7 Å². The van der Waals surface area contributed by atoms with Gasteiger partial charge in [0.25, 0.3) is 0 Å². The lowest BCUT2D eigenvalue weighted by Gasteiger charge is -2.47. The van der Waals surface area contributed by atoms with Crippen molar-refractivity contribution < 1.29 is 9.53 Å². The second-order valence-electron chi connectivity index (χ2n) is 7.70. The van der Waals surface area contributed by atoms with Crippen molar-refractivity contribution in [3.63, 3.8) is 0 Å². The van der Waals surface area contributed by atoms with Crippen molar-refractivity contribution in [1.29, 1.82) is 0 Å². The molecule has 0 aromatic rings. The van der Waals surface area contributed by atoms with Crippen LogP contribution in [-0.4, -0.2) is 42.0 Å². The summed E-state index contributed by atoms with van der Waals surface area (Å²) in [6, 6.07) is 1.36. The maximum absolute atomic E-state index is 12.9. The summed E-state index contributed by atoms with van der Waals surface area (Å²) in [6.45, 7) is 0.815. The van der Waals surface area contributed by atoms with Crippen molar-refractivity contribution >= 4 is 5.78 Å². The molecule has 3 nitrogen and oxygen atoms in total. The van der Waals surface area contributed by atoms with Gasteiger partial charge in [-0.25, -0.2) is 0 Å². The summed E-state index contributed by atoms with van der Waals surface area (Å²) >= 11 is 0. The maximum Gasteiger partial charge on any atom is 0.139 e. The third-order valence-corrected chi connectivity index (χ3v) is 6.66. The minimum Gasteiger partial charge on any atom is -0.375 e. The highest BCUT2D eigenvalue weighted by molar-refractivity contribution is 5.84. The van der Waals surface area contributed by atoms with Gasteiger partial charge in [-0.3, -0.25) is 4.79 Å². The summed E-state index contributed by atoms with van der Waals surface area (Å²) in [5.74, 6) is 1.24. The van der Waals surface area contributed by atoms with Crippen LogP contribution in [0.25, 0.3) is 0 Å². The number of ether oxygens (including phenoxy) is 1. The highest BCUT2D eigenvalue weighted by atomic mass is 16.5. The standard InChI is InChI=1S/C17H27NO2/c1-18-14-3-4-15(18)10-13(9-14)16(19)12-5-8-20-17(11-12)6-2-7-17/h12-15H,2-11H2,1H3. The predicted octanol–water partition coefficient (Wildman–Crippen LogP) is 2.78. The van der Waals surface area contributed by atoms with E-state index in [-0.39, 0.29) is 5.60 Å². The number of carbonyl (C=O) groups excluding carboxylic acids is 1. The monoisotopic (exact) mass is 277 g/mol. The van der Waals surface area contributed by atoms with E-state index < -0.39 is 0 Å². The van der Waals surface area contributed by atoms with Gasteiger partial charge in [0.15, 0.2) is 0 Å². The van der Waals surface area contributed by atoms with E-state index in [9.17, 15) is 4.79 Å². The van der Waals surface area contributed by atoms with E-state index in [4.69, 9.17) is 4.74 Å². The summed E-state index contributed by atoms with van der Waals surface area (Å²) in [6.07, 6.45) is 10.5. The van der Waals surface area contributed by atoms with Crippen LogP contribution in [0, 0.1) is 11.8 Å². The van der Waals surface area contributed by atoms with Crippen LogP contribution in [0.5, 0.6) is 0 Å². The lowest BCUT2D eigenvalue weighted by molar-refractivity contribution is -0.159. The molecule has 3 atom stereocenters. The maximum atomic E-state index is 12.9. The van der Waals surface area contributed by atoms with Crippen LogP contribution in [0.3, 0.4) is 0 Å². The fourth-order valence-corrected chi connectivity index (χ4v) is 5.17. The number of rotatable bonds is 2. The van der Waals surface area contributed by atoms with E-state index in [1.54, 1.807) is 0 Å². The molecule has 112 valence electrons. The average Bonchev–Trinajstić information content (AvgIpc) is 2.67. The molecule has 0 aromatic carbocycles. The Morgan fingerprint density at radius 2 is 1.80 bits per heavy atom. The molecule has 3 aliphatic heterocycles. The van der Waals surface area contributed by atoms with Crippen molar-refractivity contribution in [3.05, 3.63) is 0 Å². The molecule has 20 heavy (non-hydrogen) atoms. The summed E-state index contributed by atoms with van der Waals surface area (Å²) in [7, 11) is 2.25. The first-order valence-electron chi connectivity index (χ1n) is 8.56. The second kappa shape index (κ2) is 4.81. The van der Waals surface area contributed by atoms with Gasteiger partial charge < -0.3 is 9.64 Å². The van der Waals surface area contributed by atoms with Crippen LogP contribution in [0.1, 0.15) is 57.8 Å². The van der Waals surface area contributed by atoms with Gasteiger partial charge in [-0.1, -0.05) is 0 Å². The molecule has 3 heteroatoms. The Morgan fingerprint density at radius 1 is 1.10 bits per heavy atom. The third-order valence-electron chi connectivity index (χ3n) is 6.66. The van der Waals surface area contributed by atoms with Gasteiger partial charge in [-0.2, -0.15) is 0 Å². The number of piperidine rings is 1. The first-order valence-corrected chi connectivity index (χ1v) is 8.56. The average molecular weight is 277 g/mol. The fraction of sp³-hybridized carbons (Fsp3) is 0.941. The third kappa shape index (κ3) is 2.05. The minimum absolute atomic E-state index is 0.114. The van der Waals surface area contributed by atoms with Crippen LogP contribution in [0.15, 0.2) is 0 Å². The Balaban J connectivity index is 1.42. The number of ketones is 1. The van der Waals surface area contributed by atoms with Gasteiger partial charge in [0, 0.05) is 30.5 Å². The van der Waals surface area contributed by atoms with Crippen molar-refractivity contribution in [3.8, 4) is 0 Å². The molecular formula is C17H27NO2. The molecule has 1 saturated carbocycles. The fourth-order valence-electron chi connectivity index (χ4n) is 5.17. The van der Waals surface area contributed by atoms with Crippen LogP contribution >= 0.6 is 0 Å². The predicted molar refractivity (Wildman–Crippen MR) is 77.6 cm³/mol. The van der Waals surface area contributed by atoms with Gasteiger partial charge in [0.2, 0.25) is 0 Å². The molecule has 2 bridgehead atoms. The van der Waals surface area contributed by atoms with Gasteiger partial charge in [0.05, 0.1) is 5.60 Å². The van der Waals surface area contributed by atoms with E-state index in [2.05, 4.69) is 11.9 Å². The zero-order chi connectivity index (χ0) is 13.7. The SMILES string of the molecule is CN1C2CCC1CC(C(=O)C1CCOC3(CCC3)C1)C2. The number of nitrogens with zero attached hydrogens (tertiary/aromatic N) is 1. The second-order valence-corrected chi connectivity index (χ2v) is 7.70. The Bertz CT molecular complexity index is 386. The number of hydrogen-bond donors (Lipinski definition) is 0. The molecular weight excluding hydrogens is 250 g/mol. The zero-order valence-corrected chi connectivity index (χ0v) is 12.6. The number of hydrogen-bond acceptors (Lipinski definition) is 3. The molecule has 4 rings (SSSR count). The van der Waals surface area contributed by atoms with E-state index in [1.807, 2.05) is 0 Å². The molecule has 3 saturated heterocycles. The molecule has 0 aromatic heterocycles. The number of carbonyl (C=O) groups is 1. The van der Waals surface area contributed by atoms with Crippen molar-refractivity contribution in [1.82, 2.24) is 4.90 Å².